The van der Waals surface area contributed by atoms with Crippen molar-refractivity contribution in [2.75, 3.05) is 47.4 Å². The first-order valence-corrected chi connectivity index (χ1v) is 13.6. The van der Waals surface area contributed by atoms with Gasteiger partial charge < -0.3 is 15.0 Å². The Bertz CT molecular complexity index is 1380. The summed E-state index contributed by atoms with van der Waals surface area (Å²) < 4.78 is 35.8. The number of ether oxygens (including phenoxy) is 1. The molecule has 1 N–H and O–H groups in total. The number of carbonyl (C=O) groups excluding carboxylic acids is 1. The summed E-state index contributed by atoms with van der Waals surface area (Å²) in [6, 6.07) is 6.85. The van der Waals surface area contributed by atoms with E-state index in [1.54, 1.807) is 22.7 Å². The molecule has 0 saturated carbocycles. The number of aromatic nitrogens is 3. The van der Waals surface area contributed by atoms with E-state index in [1.165, 1.54) is 11.4 Å². The largest absolute Gasteiger partial charge is 0.495 e. The molecule has 1 aromatic carbocycles. The number of aryl methyl sites for hydroxylation is 2. The normalized spacial score (nSPS) is 14.9. The lowest BCUT2D eigenvalue weighted by Crippen LogP contribution is -2.35. The second kappa shape index (κ2) is 10.5. The maximum atomic E-state index is 13.6. The minimum Gasteiger partial charge on any atom is -0.495 e. The van der Waals surface area contributed by atoms with E-state index >= 15 is 0 Å². The van der Waals surface area contributed by atoms with Gasteiger partial charge in [0, 0.05) is 37.6 Å². The van der Waals surface area contributed by atoms with Crippen LogP contribution in [0.4, 0.5) is 0 Å². The molecule has 1 amide bonds. The van der Waals surface area contributed by atoms with Gasteiger partial charge in [0.2, 0.25) is 10.0 Å². The van der Waals surface area contributed by atoms with Crippen molar-refractivity contribution in [3.8, 4) is 16.9 Å². The molecule has 3 heterocycles. The molecule has 10 nitrogen and oxygen atoms in total. The summed E-state index contributed by atoms with van der Waals surface area (Å²) in [7, 11) is 1.53. The van der Waals surface area contributed by atoms with Crippen molar-refractivity contribution < 1.29 is 17.9 Å². The number of methoxy groups -OCH3 is 1. The summed E-state index contributed by atoms with van der Waals surface area (Å²) in [5.74, 6) is -0.0799. The Morgan fingerprint density at radius 1 is 1.14 bits per heavy atom. The average Bonchev–Trinajstić information content (AvgIpc) is 3.23. The fraction of sp³-hybridized carbons (Fsp3) is 0.480. The number of likely N-dealkylation sites (N-methyl/N-ethyl adjacent to an activating group) is 1. The lowest BCUT2D eigenvalue weighted by Gasteiger charge is -2.26. The van der Waals surface area contributed by atoms with Gasteiger partial charge in [0.15, 0.2) is 11.3 Å². The van der Waals surface area contributed by atoms with E-state index in [0.717, 1.165) is 30.7 Å². The number of hydrogen-bond donors (Lipinski definition) is 1. The first-order valence-electron chi connectivity index (χ1n) is 12.1. The number of piperidine rings is 1. The van der Waals surface area contributed by atoms with Crippen molar-refractivity contribution in [3.05, 3.63) is 41.3 Å². The van der Waals surface area contributed by atoms with E-state index in [0.29, 0.717) is 43.0 Å². The van der Waals surface area contributed by atoms with Crippen molar-refractivity contribution in [1.82, 2.24) is 29.1 Å². The van der Waals surface area contributed by atoms with E-state index in [2.05, 4.69) is 15.4 Å². The van der Waals surface area contributed by atoms with Crippen LogP contribution >= 0.6 is 0 Å². The molecule has 1 fully saturated rings. The average molecular weight is 515 g/mol. The molecule has 0 bridgehead atoms. The minimum absolute atomic E-state index is 0.0760. The van der Waals surface area contributed by atoms with Crippen molar-refractivity contribution >= 4 is 21.6 Å². The summed E-state index contributed by atoms with van der Waals surface area (Å²) >= 11 is 0. The number of sulfonamides is 1. The quantitative estimate of drug-likeness (QED) is 0.492. The molecule has 1 aliphatic rings. The van der Waals surface area contributed by atoms with Crippen molar-refractivity contribution in [1.29, 1.82) is 0 Å². The van der Waals surface area contributed by atoms with Crippen LogP contribution in [-0.2, 0) is 10.0 Å². The molecule has 4 rings (SSSR count). The maximum Gasteiger partial charge on any atom is 0.272 e. The SMILES string of the molecule is COc1ccc(-c2c(C(=O)NCCN(C)C)nn3c(C)cc(C)nc23)cc1S(=O)(=O)N1CCCCC1. The Kier molecular flexibility index (Phi) is 7.62. The second-order valence-electron chi connectivity index (χ2n) is 9.39. The number of benzene rings is 1. The predicted molar refractivity (Wildman–Crippen MR) is 138 cm³/mol. The maximum absolute atomic E-state index is 13.6. The third-order valence-electron chi connectivity index (χ3n) is 6.34. The molecule has 3 aromatic rings. The van der Waals surface area contributed by atoms with Gasteiger partial charge in [0.05, 0.1) is 12.7 Å². The zero-order valence-electron chi connectivity index (χ0n) is 21.5. The van der Waals surface area contributed by atoms with Crippen molar-refractivity contribution in [3.63, 3.8) is 0 Å². The first kappa shape index (κ1) is 26.1. The zero-order chi connectivity index (χ0) is 26.0. The van der Waals surface area contributed by atoms with E-state index in [1.807, 2.05) is 38.9 Å². The highest BCUT2D eigenvalue weighted by Gasteiger charge is 2.31. The molecular formula is C25H34N6O4S. The van der Waals surface area contributed by atoms with E-state index in [-0.39, 0.29) is 22.2 Å². The van der Waals surface area contributed by atoms with Gasteiger partial charge >= 0.3 is 0 Å². The van der Waals surface area contributed by atoms with Gasteiger partial charge in [-0.15, -0.1) is 0 Å². The molecule has 0 spiro atoms. The van der Waals surface area contributed by atoms with Gasteiger partial charge in [0.1, 0.15) is 10.6 Å². The molecule has 0 unspecified atom stereocenters. The summed E-state index contributed by atoms with van der Waals surface area (Å²) in [4.78, 5) is 20.0. The van der Waals surface area contributed by atoms with Crippen LogP contribution in [0, 0.1) is 13.8 Å². The molecule has 1 aliphatic heterocycles. The monoisotopic (exact) mass is 514 g/mol. The Morgan fingerprint density at radius 2 is 1.86 bits per heavy atom. The van der Waals surface area contributed by atoms with Crippen LogP contribution in [0.15, 0.2) is 29.2 Å². The lowest BCUT2D eigenvalue weighted by atomic mass is 10.0. The number of fused-ring (bicyclic) bond motifs is 1. The highest BCUT2D eigenvalue weighted by atomic mass is 32.2. The van der Waals surface area contributed by atoms with Crippen LogP contribution in [0.25, 0.3) is 16.8 Å². The van der Waals surface area contributed by atoms with Gasteiger partial charge in [-0.25, -0.2) is 17.9 Å². The Labute approximate surface area is 212 Å². The summed E-state index contributed by atoms with van der Waals surface area (Å²) in [6.45, 7) is 5.85. The molecule has 2 aromatic heterocycles. The second-order valence-corrected chi connectivity index (χ2v) is 11.3. The molecule has 1 saturated heterocycles. The minimum atomic E-state index is -3.79. The van der Waals surface area contributed by atoms with Crippen LogP contribution in [0.5, 0.6) is 5.75 Å². The Hall–Kier alpha value is -3.02. The third-order valence-corrected chi connectivity index (χ3v) is 8.26. The zero-order valence-corrected chi connectivity index (χ0v) is 22.4. The van der Waals surface area contributed by atoms with Crippen molar-refractivity contribution in [2.24, 2.45) is 0 Å². The third kappa shape index (κ3) is 5.09. The summed E-state index contributed by atoms with van der Waals surface area (Å²) in [5, 5.41) is 7.51. The van der Waals surface area contributed by atoms with Gasteiger partial charge in [-0.1, -0.05) is 12.5 Å². The number of nitrogens with zero attached hydrogens (tertiary/aromatic N) is 5. The van der Waals surface area contributed by atoms with Crippen LogP contribution in [0.1, 0.15) is 41.1 Å². The fourth-order valence-electron chi connectivity index (χ4n) is 4.50. The van der Waals surface area contributed by atoms with Crippen LogP contribution < -0.4 is 10.1 Å². The Balaban J connectivity index is 1.88. The number of hydrogen-bond acceptors (Lipinski definition) is 7. The molecule has 0 aliphatic carbocycles. The molecule has 0 radical (unpaired) electrons. The van der Waals surface area contributed by atoms with Crippen molar-refractivity contribution in [2.45, 2.75) is 38.0 Å². The molecule has 0 atom stereocenters. The van der Waals surface area contributed by atoms with E-state index in [4.69, 9.17) is 4.74 Å². The van der Waals surface area contributed by atoms with Crippen LogP contribution in [0.3, 0.4) is 0 Å². The van der Waals surface area contributed by atoms with Gasteiger partial charge in [-0.2, -0.15) is 9.40 Å². The van der Waals surface area contributed by atoms with Crippen LogP contribution in [-0.4, -0.2) is 85.5 Å². The molecular weight excluding hydrogens is 480 g/mol. The summed E-state index contributed by atoms with van der Waals surface area (Å²) in [6.07, 6.45) is 2.67. The highest BCUT2D eigenvalue weighted by Crippen LogP contribution is 2.36. The molecule has 36 heavy (non-hydrogen) atoms. The smallest absolute Gasteiger partial charge is 0.272 e. The number of carbonyl (C=O) groups is 1. The fourth-order valence-corrected chi connectivity index (χ4v) is 6.20. The topological polar surface area (TPSA) is 109 Å². The number of rotatable bonds is 8. The van der Waals surface area contributed by atoms with E-state index in [9.17, 15) is 13.2 Å². The Morgan fingerprint density at radius 3 is 2.53 bits per heavy atom. The first-order chi connectivity index (χ1) is 17.1. The highest BCUT2D eigenvalue weighted by molar-refractivity contribution is 7.89. The standard InChI is InChI=1S/C25H34N6O4S/c1-17-15-18(2)31-24(27-17)22(23(28-31)25(32)26-11-14-29(3)4)19-9-10-20(35-5)21(16-19)36(33,34)30-12-7-6-8-13-30/h9-10,15-16H,6-8,11-14H2,1-5H3,(H,26,32). The molecule has 11 heteroatoms. The summed E-state index contributed by atoms with van der Waals surface area (Å²) in [5.41, 5.74) is 3.31. The number of nitrogens with one attached hydrogen (secondary N) is 1. The predicted octanol–water partition coefficient (Wildman–Crippen LogP) is 2.49. The van der Waals surface area contributed by atoms with Gasteiger partial charge in [0.25, 0.3) is 5.91 Å². The number of amides is 1. The van der Waals surface area contributed by atoms with Gasteiger partial charge in [-0.05, 0) is 64.5 Å². The van der Waals surface area contributed by atoms with Gasteiger partial charge in [-0.3, -0.25) is 4.79 Å². The lowest BCUT2D eigenvalue weighted by molar-refractivity contribution is 0.0946. The molecule has 194 valence electrons. The van der Waals surface area contributed by atoms with E-state index < -0.39 is 10.0 Å². The van der Waals surface area contributed by atoms with Crippen LogP contribution in [0.2, 0.25) is 0 Å².